The smallest absolute Gasteiger partial charge is 0.0617 e. The number of aryl methyl sites for hydroxylation is 1. The zero-order valence-electron chi connectivity index (χ0n) is 12.9. The van der Waals surface area contributed by atoms with Gasteiger partial charge in [-0.3, -0.25) is 4.90 Å². The average Bonchev–Trinajstić information content (AvgIpc) is 2.92. The van der Waals surface area contributed by atoms with Gasteiger partial charge >= 0.3 is 0 Å². The van der Waals surface area contributed by atoms with Gasteiger partial charge in [0.25, 0.3) is 0 Å². The second kappa shape index (κ2) is 5.74. The first-order valence-electron chi connectivity index (χ1n) is 7.52. The summed E-state index contributed by atoms with van der Waals surface area (Å²) in [6.45, 7) is 2.20. The van der Waals surface area contributed by atoms with Crippen LogP contribution in [0.15, 0.2) is 54.7 Å². The van der Waals surface area contributed by atoms with Gasteiger partial charge in [0.05, 0.1) is 6.04 Å². The third-order valence-corrected chi connectivity index (χ3v) is 4.14. The number of hydrogen-bond donors (Lipinski definition) is 1. The Kier molecular flexibility index (Phi) is 3.80. The van der Waals surface area contributed by atoms with Gasteiger partial charge < -0.3 is 4.98 Å². The lowest BCUT2D eigenvalue weighted by Crippen LogP contribution is -2.20. The minimum atomic E-state index is 0.270. The molecule has 108 valence electrons. The van der Waals surface area contributed by atoms with E-state index >= 15 is 0 Å². The molecule has 1 aromatic heterocycles. The molecule has 1 unspecified atom stereocenters. The lowest BCUT2D eigenvalue weighted by atomic mass is 9.96. The summed E-state index contributed by atoms with van der Waals surface area (Å²) in [7, 11) is 4.28. The van der Waals surface area contributed by atoms with Gasteiger partial charge in [-0.05, 0) is 37.2 Å². The molecule has 2 nitrogen and oxygen atoms in total. The van der Waals surface area contributed by atoms with Crippen molar-refractivity contribution in [3.8, 4) is 0 Å². The summed E-state index contributed by atoms with van der Waals surface area (Å²) >= 11 is 0. The van der Waals surface area contributed by atoms with Crippen molar-refractivity contribution >= 4 is 10.9 Å². The predicted molar refractivity (Wildman–Crippen MR) is 89.6 cm³/mol. The Bertz CT molecular complexity index is 726. The maximum Gasteiger partial charge on any atom is 0.0617 e. The molecular formula is C19H22N2. The fourth-order valence-corrected chi connectivity index (χ4v) is 3.15. The summed E-state index contributed by atoms with van der Waals surface area (Å²) < 4.78 is 0. The molecule has 1 heterocycles. The van der Waals surface area contributed by atoms with Crippen LogP contribution in [0.4, 0.5) is 0 Å². The molecule has 0 fully saturated rings. The highest BCUT2D eigenvalue weighted by Gasteiger charge is 2.20. The van der Waals surface area contributed by atoms with E-state index < -0.39 is 0 Å². The maximum atomic E-state index is 3.49. The van der Waals surface area contributed by atoms with E-state index in [0.29, 0.717) is 0 Å². The average molecular weight is 278 g/mol. The molecule has 0 radical (unpaired) electrons. The van der Waals surface area contributed by atoms with E-state index in [9.17, 15) is 0 Å². The first-order valence-corrected chi connectivity index (χ1v) is 7.52. The molecule has 0 spiro atoms. The van der Waals surface area contributed by atoms with Crippen molar-refractivity contribution in [1.82, 2.24) is 9.88 Å². The number of rotatable bonds is 4. The number of H-pyrrole nitrogens is 1. The highest BCUT2D eigenvalue weighted by atomic mass is 15.1. The molecule has 3 aromatic rings. The Morgan fingerprint density at radius 2 is 1.76 bits per heavy atom. The molecule has 1 N–H and O–H groups in total. The third-order valence-electron chi connectivity index (χ3n) is 4.14. The minimum absolute atomic E-state index is 0.270. The molecule has 0 aliphatic heterocycles. The predicted octanol–water partition coefficient (Wildman–Crippen LogP) is 4.38. The van der Waals surface area contributed by atoms with Crippen LogP contribution < -0.4 is 0 Å². The summed E-state index contributed by atoms with van der Waals surface area (Å²) in [5, 5.41) is 1.33. The lowest BCUT2D eigenvalue weighted by Gasteiger charge is -2.24. The van der Waals surface area contributed by atoms with Crippen molar-refractivity contribution in [2.75, 3.05) is 14.1 Å². The Balaban J connectivity index is 2.17. The molecule has 0 aliphatic carbocycles. The van der Waals surface area contributed by atoms with Crippen LogP contribution in [0.3, 0.4) is 0 Å². The summed E-state index contributed by atoms with van der Waals surface area (Å²) in [5.74, 6) is 0. The van der Waals surface area contributed by atoms with Crippen molar-refractivity contribution in [3.05, 3.63) is 71.4 Å². The Hall–Kier alpha value is -2.06. The van der Waals surface area contributed by atoms with E-state index in [1.807, 2.05) is 0 Å². The second-order valence-corrected chi connectivity index (χ2v) is 5.71. The number of hydrogen-bond acceptors (Lipinski definition) is 1. The number of fused-ring (bicyclic) bond motifs is 1. The SMILES string of the molecule is CCc1cccc2c(C(c3ccccc3)N(C)C)c[nH]c12. The van der Waals surface area contributed by atoms with Crippen LogP contribution in [-0.2, 0) is 6.42 Å². The van der Waals surface area contributed by atoms with E-state index in [2.05, 4.69) is 85.6 Å². The summed E-state index contributed by atoms with van der Waals surface area (Å²) in [6, 6.07) is 17.6. The molecule has 1 atom stereocenters. The highest BCUT2D eigenvalue weighted by molar-refractivity contribution is 5.87. The van der Waals surface area contributed by atoms with Crippen LogP contribution in [0, 0.1) is 0 Å². The van der Waals surface area contributed by atoms with Crippen molar-refractivity contribution in [2.45, 2.75) is 19.4 Å². The van der Waals surface area contributed by atoms with Crippen LogP contribution in [0.2, 0.25) is 0 Å². The lowest BCUT2D eigenvalue weighted by molar-refractivity contribution is 0.344. The van der Waals surface area contributed by atoms with Gasteiger partial charge in [0.15, 0.2) is 0 Å². The van der Waals surface area contributed by atoms with Gasteiger partial charge in [0.1, 0.15) is 0 Å². The maximum absolute atomic E-state index is 3.49. The van der Waals surface area contributed by atoms with Gasteiger partial charge in [-0.2, -0.15) is 0 Å². The zero-order valence-corrected chi connectivity index (χ0v) is 12.9. The first kappa shape index (κ1) is 13.9. The molecule has 0 bridgehead atoms. The fraction of sp³-hybridized carbons (Fsp3) is 0.263. The number of benzene rings is 2. The number of aromatic amines is 1. The molecule has 0 saturated heterocycles. The molecule has 21 heavy (non-hydrogen) atoms. The van der Waals surface area contributed by atoms with Gasteiger partial charge in [0, 0.05) is 17.1 Å². The summed E-state index contributed by atoms with van der Waals surface area (Å²) in [5.41, 5.74) is 5.32. The van der Waals surface area contributed by atoms with Crippen LogP contribution >= 0.6 is 0 Å². The quantitative estimate of drug-likeness (QED) is 0.750. The van der Waals surface area contributed by atoms with Crippen LogP contribution in [0.1, 0.15) is 29.7 Å². The largest absolute Gasteiger partial charge is 0.361 e. The Labute approximate surface area is 126 Å². The second-order valence-electron chi connectivity index (χ2n) is 5.71. The van der Waals surface area contributed by atoms with Crippen molar-refractivity contribution in [3.63, 3.8) is 0 Å². The first-order chi connectivity index (χ1) is 10.2. The molecule has 3 rings (SSSR count). The highest BCUT2D eigenvalue weighted by Crippen LogP contribution is 2.33. The number of aromatic nitrogens is 1. The summed E-state index contributed by atoms with van der Waals surface area (Å²) in [4.78, 5) is 5.76. The van der Waals surface area contributed by atoms with E-state index in [0.717, 1.165) is 6.42 Å². The van der Waals surface area contributed by atoms with E-state index in [4.69, 9.17) is 0 Å². The number of para-hydroxylation sites is 1. The van der Waals surface area contributed by atoms with Crippen molar-refractivity contribution < 1.29 is 0 Å². The molecule has 0 aliphatic rings. The minimum Gasteiger partial charge on any atom is -0.361 e. The molecule has 0 saturated carbocycles. The monoisotopic (exact) mass is 278 g/mol. The third kappa shape index (κ3) is 2.47. The van der Waals surface area contributed by atoms with Gasteiger partial charge in [0.2, 0.25) is 0 Å². The number of nitrogens with one attached hydrogen (secondary N) is 1. The van der Waals surface area contributed by atoms with Crippen LogP contribution in [0.25, 0.3) is 10.9 Å². The van der Waals surface area contributed by atoms with Gasteiger partial charge in [-0.25, -0.2) is 0 Å². The zero-order chi connectivity index (χ0) is 14.8. The summed E-state index contributed by atoms with van der Waals surface area (Å²) in [6.07, 6.45) is 3.22. The molecule has 2 aromatic carbocycles. The fourth-order valence-electron chi connectivity index (χ4n) is 3.15. The standard InChI is InChI=1S/C19H22N2/c1-4-14-11-8-12-16-17(13-20-18(14)16)19(21(2)3)15-9-6-5-7-10-15/h5-13,19-20H,4H2,1-3H3. The van der Waals surface area contributed by atoms with Crippen molar-refractivity contribution in [2.24, 2.45) is 0 Å². The van der Waals surface area contributed by atoms with E-state index in [1.54, 1.807) is 0 Å². The molecular weight excluding hydrogens is 256 g/mol. The van der Waals surface area contributed by atoms with Crippen LogP contribution in [0.5, 0.6) is 0 Å². The topological polar surface area (TPSA) is 19.0 Å². The number of nitrogens with zero attached hydrogens (tertiary/aromatic N) is 1. The molecule has 2 heteroatoms. The van der Waals surface area contributed by atoms with E-state index in [1.165, 1.54) is 27.6 Å². The Morgan fingerprint density at radius 3 is 2.43 bits per heavy atom. The van der Waals surface area contributed by atoms with E-state index in [-0.39, 0.29) is 6.04 Å². The Morgan fingerprint density at radius 1 is 1.00 bits per heavy atom. The van der Waals surface area contributed by atoms with Crippen molar-refractivity contribution in [1.29, 1.82) is 0 Å². The van der Waals surface area contributed by atoms with Gasteiger partial charge in [-0.15, -0.1) is 0 Å². The van der Waals surface area contributed by atoms with Gasteiger partial charge in [-0.1, -0.05) is 55.5 Å². The normalized spacial score (nSPS) is 13.0. The molecule has 0 amide bonds. The van der Waals surface area contributed by atoms with Crippen LogP contribution in [-0.4, -0.2) is 24.0 Å².